The maximum atomic E-state index is 12.4. The van der Waals surface area contributed by atoms with Crippen molar-refractivity contribution in [3.63, 3.8) is 0 Å². The van der Waals surface area contributed by atoms with Gasteiger partial charge in [0.1, 0.15) is 16.7 Å². The molecule has 2 aliphatic heterocycles. The van der Waals surface area contributed by atoms with Crippen molar-refractivity contribution >= 4 is 10.0 Å². The first-order valence-corrected chi connectivity index (χ1v) is 8.71. The van der Waals surface area contributed by atoms with E-state index in [-0.39, 0.29) is 16.6 Å². The van der Waals surface area contributed by atoms with E-state index in [9.17, 15) is 8.42 Å². The molecule has 2 fully saturated rings. The summed E-state index contributed by atoms with van der Waals surface area (Å²) >= 11 is 0. The minimum absolute atomic E-state index is 0.0223. The van der Waals surface area contributed by atoms with E-state index in [4.69, 9.17) is 5.26 Å². The summed E-state index contributed by atoms with van der Waals surface area (Å²) in [5.41, 5.74) is 0.216. The fourth-order valence-corrected chi connectivity index (χ4v) is 4.51. The van der Waals surface area contributed by atoms with Gasteiger partial charge in [0.15, 0.2) is 0 Å². The molecule has 7 heteroatoms. The smallest absolute Gasteiger partial charge is 0.242 e. The van der Waals surface area contributed by atoms with Crippen LogP contribution in [-0.2, 0) is 10.0 Å². The number of hydrogen-bond acceptors (Lipinski definition) is 5. The topological polar surface area (TPSA) is 86.1 Å². The van der Waals surface area contributed by atoms with Crippen molar-refractivity contribution in [1.29, 1.82) is 5.26 Å². The molecular weight excluding hydrogens is 288 g/mol. The lowest BCUT2D eigenvalue weighted by Gasteiger charge is -2.32. The van der Waals surface area contributed by atoms with Crippen LogP contribution in [-0.4, -0.2) is 43.5 Å². The van der Waals surface area contributed by atoms with E-state index in [0.717, 1.165) is 32.4 Å². The van der Waals surface area contributed by atoms with Gasteiger partial charge in [-0.15, -0.1) is 0 Å². The average Bonchev–Trinajstić information content (AvgIpc) is 2.90. The second-order valence-electron chi connectivity index (χ2n) is 5.61. The Kier molecular flexibility index (Phi) is 3.93. The number of pyridine rings is 1. The number of aromatic nitrogens is 1. The van der Waals surface area contributed by atoms with Crippen molar-refractivity contribution in [2.24, 2.45) is 0 Å². The molecule has 0 spiro atoms. The maximum absolute atomic E-state index is 12.4. The molecule has 0 aromatic carbocycles. The quantitative estimate of drug-likeness (QED) is 0.895. The van der Waals surface area contributed by atoms with Crippen LogP contribution in [0.3, 0.4) is 0 Å². The van der Waals surface area contributed by atoms with E-state index in [2.05, 4.69) is 14.6 Å². The predicted octanol–water partition coefficient (Wildman–Crippen LogP) is 0.858. The summed E-state index contributed by atoms with van der Waals surface area (Å²) in [6.07, 6.45) is 5.52. The van der Waals surface area contributed by atoms with Gasteiger partial charge in [0.2, 0.25) is 10.0 Å². The fourth-order valence-electron chi connectivity index (χ4n) is 3.26. The molecule has 21 heavy (non-hydrogen) atoms. The number of rotatable bonds is 3. The van der Waals surface area contributed by atoms with Gasteiger partial charge in [-0.3, -0.25) is 4.90 Å². The molecule has 112 valence electrons. The number of sulfonamides is 1. The Morgan fingerprint density at radius 2 is 2.14 bits per heavy atom. The van der Waals surface area contributed by atoms with Crippen molar-refractivity contribution in [2.75, 3.05) is 13.1 Å². The Balaban J connectivity index is 1.75. The van der Waals surface area contributed by atoms with Crippen molar-refractivity contribution in [1.82, 2.24) is 14.6 Å². The van der Waals surface area contributed by atoms with Gasteiger partial charge < -0.3 is 0 Å². The Bertz CT molecular complexity index is 651. The van der Waals surface area contributed by atoms with Crippen LogP contribution in [0.5, 0.6) is 0 Å². The van der Waals surface area contributed by atoms with E-state index >= 15 is 0 Å². The zero-order chi connectivity index (χ0) is 14.9. The fraction of sp³-hybridized carbons (Fsp3) is 0.571. The molecule has 0 amide bonds. The first-order chi connectivity index (χ1) is 10.1. The molecule has 0 aliphatic carbocycles. The highest BCUT2D eigenvalue weighted by Gasteiger charge is 2.37. The molecule has 1 N–H and O–H groups in total. The third-order valence-corrected chi connectivity index (χ3v) is 5.80. The molecule has 1 aromatic rings. The van der Waals surface area contributed by atoms with Crippen LogP contribution in [0.1, 0.15) is 31.4 Å². The second kappa shape index (κ2) is 5.72. The predicted molar refractivity (Wildman–Crippen MR) is 76.9 cm³/mol. The van der Waals surface area contributed by atoms with Gasteiger partial charge in [0.25, 0.3) is 0 Å². The number of nitriles is 1. The third-order valence-electron chi connectivity index (χ3n) is 4.32. The number of nitrogens with one attached hydrogen (secondary N) is 1. The molecule has 2 atom stereocenters. The van der Waals surface area contributed by atoms with Crippen molar-refractivity contribution in [2.45, 2.75) is 42.7 Å². The number of fused-ring (bicyclic) bond motifs is 1. The van der Waals surface area contributed by atoms with Crippen LogP contribution in [0.15, 0.2) is 23.2 Å². The first kappa shape index (κ1) is 14.4. The molecule has 3 heterocycles. The normalized spacial score (nSPS) is 26.2. The second-order valence-corrected chi connectivity index (χ2v) is 7.32. The van der Waals surface area contributed by atoms with Crippen LogP contribution in [0.25, 0.3) is 0 Å². The van der Waals surface area contributed by atoms with Crippen LogP contribution < -0.4 is 4.72 Å². The minimum Gasteiger partial charge on any atom is -0.299 e. The van der Waals surface area contributed by atoms with Crippen LogP contribution in [0.4, 0.5) is 0 Å². The zero-order valence-electron chi connectivity index (χ0n) is 11.7. The number of hydrogen-bond donors (Lipinski definition) is 1. The number of nitrogens with zero attached hydrogens (tertiary/aromatic N) is 3. The zero-order valence-corrected chi connectivity index (χ0v) is 12.5. The molecule has 3 rings (SSSR count). The summed E-state index contributed by atoms with van der Waals surface area (Å²) in [5.74, 6) is 0. The highest BCUT2D eigenvalue weighted by Crippen LogP contribution is 2.28. The molecule has 6 nitrogen and oxygen atoms in total. The van der Waals surface area contributed by atoms with Gasteiger partial charge >= 0.3 is 0 Å². The van der Waals surface area contributed by atoms with Gasteiger partial charge in [-0.2, -0.15) is 5.26 Å². The summed E-state index contributed by atoms with van der Waals surface area (Å²) in [5, 5.41) is 8.71. The van der Waals surface area contributed by atoms with Gasteiger partial charge in [-0.05, 0) is 37.9 Å². The van der Waals surface area contributed by atoms with Crippen LogP contribution in [0.2, 0.25) is 0 Å². The molecule has 2 aliphatic rings. The lowest BCUT2D eigenvalue weighted by Crippen LogP contribution is -2.46. The molecular formula is C14H18N4O2S. The van der Waals surface area contributed by atoms with Gasteiger partial charge in [0.05, 0.1) is 0 Å². The Labute approximate surface area is 124 Å². The number of piperidine rings is 1. The van der Waals surface area contributed by atoms with E-state index < -0.39 is 10.0 Å². The van der Waals surface area contributed by atoms with Crippen LogP contribution in [0, 0.1) is 11.3 Å². The molecule has 1 aromatic heterocycles. The largest absolute Gasteiger partial charge is 0.299 e. The summed E-state index contributed by atoms with van der Waals surface area (Å²) in [6, 6.07) is 5.04. The highest BCUT2D eigenvalue weighted by atomic mass is 32.2. The van der Waals surface area contributed by atoms with E-state index in [1.54, 1.807) is 0 Å². The van der Waals surface area contributed by atoms with Crippen molar-refractivity contribution < 1.29 is 8.42 Å². The van der Waals surface area contributed by atoms with Gasteiger partial charge in [0, 0.05) is 24.8 Å². The molecule has 0 bridgehead atoms. The van der Waals surface area contributed by atoms with Crippen molar-refractivity contribution in [3.05, 3.63) is 24.0 Å². The minimum atomic E-state index is -3.57. The Hall–Kier alpha value is -1.49. The maximum Gasteiger partial charge on any atom is 0.242 e. The van der Waals surface area contributed by atoms with Gasteiger partial charge in [-0.1, -0.05) is 6.42 Å². The monoisotopic (exact) mass is 306 g/mol. The average molecular weight is 306 g/mol. The summed E-state index contributed by atoms with van der Waals surface area (Å²) in [6.45, 7) is 2.03. The van der Waals surface area contributed by atoms with Crippen molar-refractivity contribution in [3.8, 4) is 6.07 Å². The lowest BCUT2D eigenvalue weighted by atomic mass is 10.00. The Morgan fingerprint density at radius 3 is 2.86 bits per heavy atom. The van der Waals surface area contributed by atoms with E-state index in [1.807, 2.05) is 6.07 Å². The summed E-state index contributed by atoms with van der Waals surface area (Å²) in [7, 11) is -3.57. The van der Waals surface area contributed by atoms with Gasteiger partial charge in [-0.25, -0.2) is 18.1 Å². The molecule has 0 radical (unpaired) electrons. The lowest BCUT2D eigenvalue weighted by molar-refractivity contribution is 0.186. The van der Waals surface area contributed by atoms with Crippen LogP contribution >= 0.6 is 0 Å². The first-order valence-electron chi connectivity index (χ1n) is 7.23. The van der Waals surface area contributed by atoms with E-state index in [0.29, 0.717) is 6.04 Å². The SMILES string of the molecule is N#Cc1ccc(S(=O)(=O)NC2CCN3CCCCC23)cn1. The Morgan fingerprint density at radius 1 is 1.29 bits per heavy atom. The molecule has 2 saturated heterocycles. The summed E-state index contributed by atoms with van der Waals surface area (Å²) < 4.78 is 27.6. The molecule has 0 saturated carbocycles. The third kappa shape index (κ3) is 2.93. The standard InChI is InChI=1S/C14H18N4O2S/c15-9-11-4-5-12(10-16-11)21(19,20)17-13-6-8-18-7-2-1-3-14(13)18/h4-5,10,13-14,17H,1-3,6-8H2. The highest BCUT2D eigenvalue weighted by molar-refractivity contribution is 7.89. The molecule has 2 unspecified atom stereocenters. The van der Waals surface area contributed by atoms with E-state index in [1.165, 1.54) is 24.8 Å². The summed E-state index contributed by atoms with van der Waals surface area (Å²) in [4.78, 5) is 6.33.